The fourth-order valence-electron chi connectivity index (χ4n) is 2.83. The van der Waals surface area contributed by atoms with Gasteiger partial charge in [0.15, 0.2) is 0 Å². The molecule has 30 heavy (non-hydrogen) atoms. The molecule has 0 saturated carbocycles. The molecule has 0 bridgehead atoms. The maximum absolute atomic E-state index is 11.6. The Morgan fingerprint density at radius 2 is 2.03 bits per heavy atom. The number of rotatable bonds is 9. The molecule has 0 fully saturated rings. The lowest BCUT2D eigenvalue weighted by Gasteiger charge is -2.20. The number of carbonyl (C=O) groups excluding carboxylic acids is 1. The van der Waals surface area contributed by atoms with Crippen molar-refractivity contribution in [3.05, 3.63) is 34.2 Å². The quantitative estimate of drug-likeness (QED) is 0.346. The van der Waals surface area contributed by atoms with E-state index in [2.05, 4.69) is 20.8 Å². The first kappa shape index (κ1) is 23.1. The molecule has 2 rings (SSSR count). The van der Waals surface area contributed by atoms with Crippen molar-refractivity contribution < 1.29 is 18.9 Å². The fraction of sp³-hybridized carbons (Fsp3) is 0.550. The minimum atomic E-state index is -0.526. The number of anilines is 1. The zero-order valence-corrected chi connectivity index (χ0v) is 18.0. The standard InChI is InChI=1S/C20H29N5O5/c1-13(9-6-7-12-21-19(26)30-20(3,4)5)22-17-15(18-24-23-14(2)29-18)10-8-11-16(17)25(27)28/h8,10-11,13,22H,6-7,9,12H2,1-5H3,(H,21,26)/t13-/m0/s1. The Morgan fingerprint density at radius 1 is 1.30 bits per heavy atom. The Bertz CT molecular complexity index is 875. The molecule has 0 aliphatic heterocycles. The number of nitrogens with one attached hydrogen (secondary N) is 2. The Hall–Kier alpha value is -3.17. The Labute approximate surface area is 175 Å². The summed E-state index contributed by atoms with van der Waals surface area (Å²) in [5.41, 5.74) is 0.261. The molecule has 1 atom stereocenters. The number of ether oxygens (including phenoxy) is 1. The summed E-state index contributed by atoms with van der Waals surface area (Å²) in [6, 6.07) is 4.69. The number of hydrogen-bond donors (Lipinski definition) is 2. The summed E-state index contributed by atoms with van der Waals surface area (Å²) < 4.78 is 10.7. The number of aryl methyl sites for hydroxylation is 1. The van der Waals surface area contributed by atoms with Gasteiger partial charge in [-0.3, -0.25) is 10.1 Å². The zero-order valence-electron chi connectivity index (χ0n) is 18.0. The molecule has 2 N–H and O–H groups in total. The van der Waals surface area contributed by atoms with Gasteiger partial charge in [-0.25, -0.2) is 4.79 Å². The van der Waals surface area contributed by atoms with E-state index in [0.29, 0.717) is 23.7 Å². The minimum absolute atomic E-state index is 0.0459. The summed E-state index contributed by atoms with van der Waals surface area (Å²) in [4.78, 5) is 22.7. The van der Waals surface area contributed by atoms with Crippen LogP contribution in [0, 0.1) is 17.0 Å². The van der Waals surface area contributed by atoms with E-state index >= 15 is 0 Å². The third-order valence-electron chi connectivity index (χ3n) is 4.12. The van der Waals surface area contributed by atoms with Crippen LogP contribution in [-0.4, -0.2) is 39.4 Å². The largest absolute Gasteiger partial charge is 0.444 e. The van der Waals surface area contributed by atoms with E-state index in [1.165, 1.54) is 6.07 Å². The molecule has 0 aliphatic carbocycles. The number of alkyl carbamates (subject to hydrolysis) is 1. The van der Waals surface area contributed by atoms with Gasteiger partial charge in [-0.15, -0.1) is 10.2 Å². The maximum atomic E-state index is 11.6. The molecule has 2 aromatic rings. The highest BCUT2D eigenvalue weighted by Gasteiger charge is 2.23. The van der Waals surface area contributed by atoms with Crippen molar-refractivity contribution in [3.63, 3.8) is 0 Å². The molecule has 10 nitrogen and oxygen atoms in total. The van der Waals surface area contributed by atoms with Crippen LogP contribution < -0.4 is 10.6 Å². The van der Waals surface area contributed by atoms with Crippen LogP contribution in [0.3, 0.4) is 0 Å². The highest BCUT2D eigenvalue weighted by molar-refractivity contribution is 5.80. The molecular weight excluding hydrogens is 390 g/mol. The number of hydrogen-bond acceptors (Lipinski definition) is 8. The molecule has 1 aromatic heterocycles. The van der Waals surface area contributed by atoms with Gasteiger partial charge in [0, 0.05) is 25.6 Å². The van der Waals surface area contributed by atoms with Crippen molar-refractivity contribution >= 4 is 17.5 Å². The van der Waals surface area contributed by atoms with Crippen molar-refractivity contribution in [1.82, 2.24) is 15.5 Å². The highest BCUT2D eigenvalue weighted by Crippen LogP contribution is 2.35. The van der Waals surface area contributed by atoms with Crippen LogP contribution in [0.1, 0.15) is 52.8 Å². The van der Waals surface area contributed by atoms with Gasteiger partial charge in [0.1, 0.15) is 11.3 Å². The van der Waals surface area contributed by atoms with Crippen LogP contribution in [0.25, 0.3) is 11.5 Å². The number of aromatic nitrogens is 2. The Morgan fingerprint density at radius 3 is 2.63 bits per heavy atom. The van der Waals surface area contributed by atoms with Crippen LogP contribution in [0.4, 0.5) is 16.2 Å². The monoisotopic (exact) mass is 419 g/mol. The lowest BCUT2D eigenvalue weighted by molar-refractivity contribution is -0.383. The van der Waals surface area contributed by atoms with E-state index in [1.807, 2.05) is 27.7 Å². The van der Waals surface area contributed by atoms with Crippen LogP contribution in [0.5, 0.6) is 0 Å². The number of benzene rings is 1. The molecule has 0 aliphatic rings. The van der Waals surface area contributed by atoms with Gasteiger partial charge >= 0.3 is 6.09 Å². The topological polar surface area (TPSA) is 132 Å². The van der Waals surface area contributed by atoms with E-state index < -0.39 is 16.6 Å². The second-order valence-electron chi connectivity index (χ2n) is 8.05. The summed E-state index contributed by atoms with van der Waals surface area (Å²) in [5, 5.41) is 25.2. The summed E-state index contributed by atoms with van der Waals surface area (Å²) in [6.45, 7) is 9.54. The second-order valence-corrected chi connectivity index (χ2v) is 8.05. The molecule has 10 heteroatoms. The number of nitrogens with zero attached hydrogens (tertiary/aromatic N) is 3. The molecule has 164 valence electrons. The van der Waals surface area contributed by atoms with Gasteiger partial charge in [0.05, 0.1) is 10.5 Å². The Balaban J connectivity index is 1.94. The molecular formula is C20H29N5O5. The number of para-hydroxylation sites is 1. The summed E-state index contributed by atoms with van der Waals surface area (Å²) in [6.07, 6.45) is 1.90. The van der Waals surface area contributed by atoms with Gasteiger partial charge in [-0.2, -0.15) is 0 Å². The average Bonchev–Trinajstić information content (AvgIpc) is 3.06. The maximum Gasteiger partial charge on any atom is 0.407 e. The molecule has 0 saturated heterocycles. The summed E-state index contributed by atoms with van der Waals surface area (Å²) in [5.74, 6) is 0.612. The first-order chi connectivity index (χ1) is 14.1. The van der Waals surface area contributed by atoms with Gasteiger partial charge in [-0.05, 0) is 53.0 Å². The summed E-state index contributed by atoms with van der Waals surface area (Å²) in [7, 11) is 0. The number of nitro benzene ring substituents is 1. The lowest BCUT2D eigenvalue weighted by Crippen LogP contribution is -2.33. The van der Waals surface area contributed by atoms with Crippen molar-refractivity contribution in [3.8, 4) is 11.5 Å². The predicted octanol–water partition coefficient (Wildman–Crippen LogP) is 4.45. The van der Waals surface area contributed by atoms with Crippen molar-refractivity contribution in [2.45, 2.75) is 65.5 Å². The third-order valence-corrected chi connectivity index (χ3v) is 4.12. The number of unbranched alkanes of at least 4 members (excludes halogenated alkanes) is 1. The predicted molar refractivity (Wildman–Crippen MR) is 112 cm³/mol. The zero-order chi connectivity index (χ0) is 22.3. The number of nitro groups is 1. The van der Waals surface area contributed by atoms with Gasteiger partial charge in [0.2, 0.25) is 11.8 Å². The van der Waals surface area contributed by atoms with Crippen molar-refractivity contribution in [1.29, 1.82) is 0 Å². The molecule has 0 spiro atoms. The van der Waals surface area contributed by atoms with Crippen molar-refractivity contribution in [2.75, 3.05) is 11.9 Å². The van der Waals surface area contributed by atoms with E-state index in [0.717, 1.165) is 19.3 Å². The SMILES string of the molecule is Cc1nnc(-c2cccc([N+](=O)[O-])c2N[C@@H](C)CCCCNC(=O)OC(C)(C)C)o1. The number of carbonyl (C=O) groups is 1. The first-order valence-electron chi connectivity index (χ1n) is 9.88. The second kappa shape index (κ2) is 10.0. The van der Waals surface area contributed by atoms with Crippen LogP contribution in [-0.2, 0) is 4.74 Å². The molecule has 0 unspecified atom stereocenters. The van der Waals surface area contributed by atoms with E-state index in [9.17, 15) is 14.9 Å². The van der Waals surface area contributed by atoms with Gasteiger partial charge in [-0.1, -0.05) is 6.07 Å². The molecule has 0 radical (unpaired) electrons. The molecule has 1 aromatic carbocycles. The lowest BCUT2D eigenvalue weighted by atomic mass is 10.1. The van der Waals surface area contributed by atoms with Gasteiger partial charge < -0.3 is 19.8 Å². The van der Waals surface area contributed by atoms with E-state index in [1.54, 1.807) is 19.1 Å². The molecule has 1 amide bonds. The fourth-order valence-corrected chi connectivity index (χ4v) is 2.83. The first-order valence-corrected chi connectivity index (χ1v) is 9.88. The van der Waals surface area contributed by atoms with Gasteiger partial charge in [0.25, 0.3) is 5.69 Å². The third kappa shape index (κ3) is 7.02. The highest BCUT2D eigenvalue weighted by atomic mass is 16.6. The smallest absolute Gasteiger partial charge is 0.407 e. The van der Waals surface area contributed by atoms with E-state index in [4.69, 9.17) is 9.15 Å². The Kier molecular flexibility index (Phi) is 7.73. The van der Waals surface area contributed by atoms with Crippen molar-refractivity contribution in [2.24, 2.45) is 0 Å². The van der Waals surface area contributed by atoms with Crippen LogP contribution >= 0.6 is 0 Å². The van der Waals surface area contributed by atoms with Crippen LogP contribution in [0.2, 0.25) is 0 Å². The minimum Gasteiger partial charge on any atom is -0.444 e. The molecule has 1 heterocycles. The summed E-state index contributed by atoms with van der Waals surface area (Å²) >= 11 is 0. The van der Waals surface area contributed by atoms with Crippen LogP contribution in [0.15, 0.2) is 22.6 Å². The van der Waals surface area contributed by atoms with E-state index in [-0.39, 0.29) is 17.6 Å². The number of amides is 1. The average molecular weight is 419 g/mol. The normalized spacial score (nSPS) is 12.3.